The second-order valence-corrected chi connectivity index (χ2v) is 24.5. The Bertz CT molecular complexity index is 3680. The molecule has 0 aliphatic heterocycles. The number of allylic oxidation sites excluding steroid dienone is 3. The van der Waals surface area contributed by atoms with E-state index in [1.54, 1.807) is 32.3 Å². The van der Waals surface area contributed by atoms with E-state index in [-0.39, 0.29) is 29.2 Å². The van der Waals surface area contributed by atoms with Gasteiger partial charge in [0.2, 0.25) is 0 Å². The zero-order valence-electron chi connectivity index (χ0n) is 54.0. The summed E-state index contributed by atoms with van der Waals surface area (Å²) in [5, 5.41) is 11.8. The van der Waals surface area contributed by atoms with E-state index in [0.717, 1.165) is 85.8 Å². The van der Waals surface area contributed by atoms with Crippen LogP contribution in [0.15, 0.2) is 96.4 Å². The van der Waals surface area contributed by atoms with Gasteiger partial charge in [-0.1, -0.05) is 208 Å². The number of anilines is 3. The Labute approximate surface area is 602 Å². The number of aromatic nitrogens is 7. The smallest absolute Gasteiger partial charge is 0.496 e. The van der Waals surface area contributed by atoms with Crippen LogP contribution in [-0.2, 0) is 14.1 Å². The fourth-order valence-electron chi connectivity index (χ4n) is 9.35. The number of aryl methyl sites for hydroxylation is 2. The van der Waals surface area contributed by atoms with Gasteiger partial charge in [-0.05, 0) is 123 Å². The quantitative estimate of drug-likeness (QED) is 0.0460. The minimum absolute atomic E-state index is 0. The first-order valence-electron chi connectivity index (χ1n) is 29.6. The van der Waals surface area contributed by atoms with Crippen LogP contribution >= 0.6 is 128 Å². The highest BCUT2D eigenvalue weighted by molar-refractivity contribution is 6.44. The summed E-state index contributed by atoms with van der Waals surface area (Å²) in [6.45, 7) is 18.1. The Morgan fingerprint density at radius 3 is 1.53 bits per heavy atom. The van der Waals surface area contributed by atoms with Crippen LogP contribution in [-0.4, -0.2) is 81.1 Å². The van der Waals surface area contributed by atoms with Crippen LogP contribution in [0.5, 0.6) is 11.5 Å². The number of alkyl halides is 4. The SMILES string of the molecule is C.CCC(=CCCl)CC.CCC(=CCN(C)c1nc(Cl)c(Cl)cc1Cl)CC.CCC(CC)c1cn(C)c2nc(-c3ccc(OC(F)(F)F)cc3OC)c(Cl)cc12.CCC(CC)c1cn(C)c2nc(Cl)c(Cl)cc12.CNc1cccc(Cl)n1.CNc1nc(Cl)c(Cl)cc1Cl. The number of rotatable bonds is 19. The highest BCUT2D eigenvalue weighted by Crippen LogP contribution is 2.41. The molecule has 8 rings (SSSR count). The number of halogens is 14. The van der Waals surface area contributed by atoms with E-state index in [4.69, 9.17) is 137 Å². The van der Waals surface area contributed by atoms with Gasteiger partial charge in [-0.2, -0.15) is 0 Å². The molecule has 0 fully saturated rings. The molecule has 512 valence electrons. The lowest BCUT2D eigenvalue weighted by molar-refractivity contribution is -0.274. The zero-order valence-corrected chi connectivity index (χ0v) is 62.3. The Morgan fingerprint density at radius 1 is 0.591 bits per heavy atom. The van der Waals surface area contributed by atoms with Crippen molar-refractivity contribution in [3.63, 3.8) is 0 Å². The number of pyridine rings is 5. The lowest BCUT2D eigenvalue weighted by atomic mass is 9.94. The molecule has 0 saturated heterocycles. The predicted octanol–water partition coefficient (Wildman–Crippen LogP) is 25.2. The number of nitrogens with one attached hydrogen (secondary N) is 2. The maximum absolute atomic E-state index is 12.5. The van der Waals surface area contributed by atoms with Crippen molar-refractivity contribution in [2.24, 2.45) is 14.1 Å². The first kappa shape index (κ1) is 84.6. The van der Waals surface area contributed by atoms with E-state index in [2.05, 4.69) is 115 Å². The molecule has 8 aromatic rings. The van der Waals surface area contributed by atoms with Crippen LogP contribution in [0.25, 0.3) is 33.3 Å². The van der Waals surface area contributed by atoms with Gasteiger partial charge in [0.25, 0.3) is 0 Å². The summed E-state index contributed by atoms with van der Waals surface area (Å²) in [4.78, 5) is 23.0. The summed E-state index contributed by atoms with van der Waals surface area (Å²) in [6, 6.07) is 16.3. The third kappa shape index (κ3) is 25.8. The molecule has 0 atom stereocenters. The highest BCUT2D eigenvalue weighted by Gasteiger charge is 2.32. The fraction of sp³-hybridized carbons (Fsp3) is 0.418. The van der Waals surface area contributed by atoms with E-state index in [0.29, 0.717) is 81.1 Å². The number of nitrogens with zero attached hydrogens (tertiary/aromatic N) is 8. The summed E-state index contributed by atoms with van der Waals surface area (Å²) >= 11 is 64.5. The molecule has 0 aliphatic carbocycles. The van der Waals surface area contributed by atoms with Gasteiger partial charge in [-0.25, -0.2) is 24.9 Å². The average Bonchev–Trinajstić information content (AvgIpc) is 1.68. The lowest BCUT2D eigenvalue weighted by Crippen LogP contribution is -2.19. The van der Waals surface area contributed by atoms with Crippen molar-refractivity contribution in [1.82, 2.24) is 34.1 Å². The third-order valence-electron chi connectivity index (χ3n) is 14.5. The number of benzene rings is 1. The molecule has 12 nitrogen and oxygen atoms in total. The maximum Gasteiger partial charge on any atom is 0.573 e. The van der Waals surface area contributed by atoms with E-state index in [1.165, 1.54) is 47.6 Å². The van der Waals surface area contributed by atoms with Crippen LogP contribution < -0.4 is 25.0 Å². The summed E-state index contributed by atoms with van der Waals surface area (Å²) < 4.78 is 50.7. The monoisotopic (exact) mass is 1500 g/mol. The highest BCUT2D eigenvalue weighted by atomic mass is 35.5. The molecule has 7 heterocycles. The van der Waals surface area contributed by atoms with Crippen LogP contribution in [0, 0.1) is 0 Å². The molecule has 0 saturated carbocycles. The molecule has 0 bridgehead atoms. The molecule has 7 aromatic heterocycles. The number of fused-ring (bicyclic) bond motifs is 2. The summed E-state index contributed by atoms with van der Waals surface area (Å²) in [5.74, 6) is 3.41. The van der Waals surface area contributed by atoms with E-state index >= 15 is 0 Å². The molecular formula is C67H84Cl11F3N10O2. The molecule has 93 heavy (non-hydrogen) atoms. The van der Waals surface area contributed by atoms with Gasteiger partial charge in [0, 0.05) is 82.5 Å². The van der Waals surface area contributed by atoms with Crippen LogP contribution in [0.4, 0.5) is 30.6 Å². The third-order valence-corrected chi connectivity index (χ3v) is 17.7. The van der Waals surface area contributed by atoms with E-state index < -0.39 is 6.36 Å². The van der Waals surface area contributed by atoms with Gasteiger partial charge >= 0.3 is 6.36 Å². The fourth-order valence-corrected chi connectivity index (χ4v) is 11.5. The molecular weight excluding hydrogens is 1420 g/mol. The van der Waals surface area contributed by atoms with E-state index in [9.17, 15) is 13.2 Å². The lowest BCUT2D eigenvalue weighted by Gasteiger charge is -2.18. The molecule has 0 amide bonds. The molecule has 0 aliphatic rings. The topological polar surface area (TPSA) is 120 Å². The molecule has 1 aromatic carbocycles. The molecule has 2 N–H and O–H groups in total. The zero-order chi connectivity index (χ0) is 69.2. The van der Waals surface area contributed by atoms with Crippen molar-refractivity contribution in [3.05, 3.63) is 158 Å². The summed E-state index contributed by atoms with van der Waals surface area (Å²) in [7, 11) is 10.7. The van der Waals surface area contributed by atoms with Gasteiger partial charge in [0.05, 0.1) is 42.9 Å². The van der Waals surface area contributed by atoms with Crippen molar-refractivity contribution in [2.75, 3.05) is 56.2 Å². The molecule has 0 radical (unpaired) electrons. The Balaban J connectivity index is 0.000000403. The van der Waals surface area contributed by atoms with Crippen molar-refractivity contribution < 1.29 is 22.6 Å². The van der Waals surface area contributed by atoms with Crippen LogP contribution in [0.1, 0.15) is 137 Å². The number of hydrogen-bond donors (Lipinski definition) is 2. The number of hydrogen-bond acceptors (Lipinski definition) is 10. The Morgan fingerprint density at radius 2 is 1.08 bits per heavy atom. The normalized spacial score (nSPS) is 10.7. The van der Waals surface area contributed by atoms with E-state index in [1.807, 2.05) is 59.4 Å². The first-order valence-corrected chi connectivity index (χ1v) is 33.9. The number of ether oxygens (including phenoxy) is 2. The van der Waals surface area contributed by atoms with Crippen molar-refractivity contribution in [3.8, 4) is 22.8 Å². The van der Waals surface area contributed by atoms with Crippen molar-refractivity contribution in [2.45, 2.75) is 132 Å². The first-order chi connectivity index (χ1) is 43.6. The Hall–Kier alpha value is -4.49. The van der Waals surface area contributed by atoms with Crippen molar-refractivity contribution in [1.29, 1.82) is 0 Å². The minimum atomic E-state index is -4.78. The van der Waals surface area contributed by atoms with Gasteiger partial charge in [0.15, 0.2) is 0 Å². The summed E-state index contributed by atoms with van der Waals surface area (Å²) in [5.41, 5.74) is 7.96. The van der Waals surface area contributed by atoms with Gasteiger partial charge in [0.1, 0.15) is 60.9 Å². The standard InChI is InChI=1S/C21H22ClF3N2O2.C13H17Cl3N2.C13H16Cl2N2.C7H13Cl.C6H5Cl3N2.C6H7ClN2.CH4/c1-5-12(6-2)16-11-27(3)20-15(16)10-17(22)19(26-20)14-8-7-13(9-18(14)28-4)29-21(23,24)25;1-4-9(5-2)6-7-18(3)13-11(15)8-10(14)12(16)17-13;1-4-8(5-2)10-7-17(3)13-9(10)6-11(14)12(15)16-13;1-3-7(4-2)5-6-8;1-10-6-4(8)2-3(7)5(9)11-6;1-8-6-4-2-3-5(7)9-6;/h7-12H,5-6H2,1-4H3;6,8H,4-5,7H2,1-3H3;6-8H,4-5H2,1-3H3;5H,3-4,6H2,1-2H3;2H,1H3,(H,10,11);2-4H,1H3,(H,8,9);1H4. The second-order valence-electron chi connectivity index (χ2n) is 20.3. The second kappa shape index (κ2) is 42.2. The molecule has 0 spiro atoms. The van der Waals surface area contributed by atoms with Crippen LogP contribution in [0.3, 0.4) is 0 Å². The van der Waals surface area contributed by atoms with Crippen molar-refractivity contribution >= 4 is 167 Å². The van der Waals surface area contributed by atoms with Gasteiger partial charge in [-0.3, -0.25) is 0 Å². The Kier molecular flexibility index (Phi) is 38.4. The number of likely N-dealkylation sites (N-methyl/N-ethyl adjacent to an activating group) is 1. The molecule has 26 heteroatoms. The predicted molar refractivity (Wildman–Crippen MR) is 397 cm³/mol. The summed E-state index contributed by atoms with van der Waals surface area (Å²) in [6.07, 6.45) is 12.4. The largest absolute Gasteiger partial charge is 0.573 e. The average molecular weight is 1510 g/mol. The maximum atomic E-state index is 12.5. The van der Waals surface area contributed by atoms with Gasteiger partial charge < -0.3 is 34.1 Å². The van der Waals surface area contributed by atoms with Gasteiger partial charge in [-0.15, -0.1) is 24.8 Å². The van der Waals surface area contributed by atoms with Crippen LogP contribution in [0.2, 0.25) is 50.7 Å². The minimum Gasteiger partial charge on any atom is -0.496 e. The molecule has 0 unspecified atom stereocenters. The number of methoxy groups -OCH3 is 1.